The maximum absolute atomic E-state index is 13.8. The Balaban J connectivity index is 1.48. The van der Waals surface area contributed by atoms with Crippen molar-refractivity contribution in [2.45, 2.75) is 26.7 Å². The Morgan fingerprint density at radius 2 is 1.87 bits per heavy atom. The van der Waals surface area contributed by atoms with E-state index < -0.39 is 15.9 Å². The number of carbonyl (C=O) groups is 2. The molecule has 2 aromatic heterocycles. The zero-order valence-corrected chi connectivity index (χ0v) is 22.9. The summed E-state index contributed by atoms with van der Waals surface area (Å²) in [5, 5.41) is 7.62. The van der Waals surface area contributed by atoms with E-state index in [9.17, 15) is 18.0 Å². The van der Waals surface area contributed by atoms with Crippen LogP contribution in [0.2, 0.25) is 0 Å². The number of piperidine rings is 1. The number of hydrogen-bond acceptors (Lipinski definition) is 9. The van der Waals surface area contributed by atoms with Crippen LogP contribution in [0.4, 0.5) is 11.5 Å². The number of nitrogens with one attached hydrogen (secondary N) is 2. The van der Waals surface area contributed by atoms with E-state index in [1.54, 1.807) is 4.90 Å². The summed E-state index contributed by atoms with van der Waals surface area (Å²) in [5.74, 6) is 0.255. The number of fused-ring (bicyclic) bond motifs is 1. The van der Waals surface area contributed by atoms with Crippen LogP contribution in [-0.4, -0.2) is 77.3 Å². The Kier molecular flexibility index (Phi) is 7.17. The molecule has 206 valence electrons. The fraction of sp³-hybridized carbons (Fsp3) is 0.385. The highest BCUT2D eigenvalue weighted by molar-refractivity contribution is 7.90. The van der Waals surface area contributed by atoms with Gasteiger partial charge in [0.05, 0.1) is 11.9 Å². The number of hydrogen-bond donors (Lipinski definition) is 2. The van der Waals surface area contributed by atoms with Gasteiger partial charge in [-0.25, -0.2) is 18.1 Å². The predicted octanol–water partition coefficient (Wildman–Crippen LogP) is 2.47. The topological polar surface area (TPSA) is 138 Å². The number of amides is 2. The average Bonchev–Trinajstić information content (AvgIpc) is 3.56. The molecule has 12 nitrogen and oxygen atoms in total. The number of likely N-dealkylation sites (tertiary alicyclic amines) is 1. The van der Waals surface area contributed by atoms with Crippen LogP contribution in [0.15, 0.2) is 48.6 Å². The quantitative estimate of drug-likeness (QED) is 0.452. The van der Waals surface area contributed by atoms with Gasteiger partial charge < -0.3 is 19.9 Å². The first-order valence-electron chi connectivity index (χ1n) is 12.7. The van der Waals surface area contributed by atoms with Crippen LogP contribution < -0.4 is 10.0 Å². The highest BCUT2D eigenvalue weighted by Crippen LogP contribution is 2.31. The summed E-state index contributed by atoms with van der Waals surface area (Å²) in [6, 6.07) is 7.58. The number of carbonyl (C=O) groups excluding carboxylic acids is 2. The fourth-order valence-corrected chi connectivity index (χ4v) is 5.24. The Labute approximate surface area is 226 Å². The van der Waals surface area contributed by atoms with Gasteiger partial charge in [0.25, 0.3) is 11.8 Å². The van der Waals surface area contributed by atoms with Crippen LogP contribution in [0.25, 0.3) is 5.65 Å². The van der Waals surface area contributed by atoms with Crippen molar-refractivity contribution in [2.75, 3.05) is 37.9 Å². The van der Waals surface area contributed by atoms with Crippen LogP contribution in [0, 0.1) is 12.8 Å². The second-order valence-corrected chi connectivity index (χ2v) is 11.7. The minimum atomic E-state index is -3.78. The van der Waals surface area contributed by atoms with E-state index >= 15 is 0 Å². The van der Waals surface area contributed by atoms with Gasteiger partial charge >= 0.3 is 0 Å². The summed E-state index contributed by atoms with van der Waals surface area (Å²) < 4.78 is 33.1. The van der Waals surface area contributed by atoms with Gasteiger partial charge in [0.1, 0.15) is 22.7 Å². The normalized spacial score (nSPS) is 16.2. The summed E-state index contributed by atoms with van der Waals surface area (Å²) in [5.41, 5.74) is 2.09. The monoisotopic (exact) mass is 553 g/mol. The number of anilines is 2. The molecule has 2 aliphatic rings. The first-order chi connectivity index (χ1) is 18.7. The molecule has 3 aromatic rings. The maximum atomic E-state index is 13.8. The standard InChI is InChI=1S/C26H31N7O5S/c1-4-39(36,37)30-25(34)19-14-28-33-23(19)27-13-20(24(33)29-21-8-6-5-7-17(21)2)26(35)32-11-9-18(10-12-32)22-15-31(3)16-38-22/h5-8,13-15,18,29H,4,9-12,16H2,1-3H3,(H,30,34). The van der Waals surface area contributed by atoms with Crippen molar-refractivity contribution >= 4 is 39.0 Å². The molecule has 39 heavy (non-hydrogen) atoms. The lowest BCUT2D eigenvalue weighted by molar-refractivity contribution is 0.0663. The lowest BCUT2D eigenvalue weighted by Gasteiger charge is -2.32. The number of aromatic nitrogens is 3. The van der Waals surface area contributed by atoms with Crippen molar-refractivity contribution in [1.29, 1.82) is 0 Å². The van der Waals surface area contributed by atoms with Crippen LogP contribution >= 0.6 is 0 Å². The largest absolute Gasteiger partial charge is 0.476 e. The first kappa shape index (κ1) is 26.5. The van der Waals surface area contributed by atoms with Crippen molar-refractivity contribution in [1.82, 2.24) is 29.1 Å². The van der Waals surface area contributed by atoms with Crippen LogP contribution in [0.3, 0.4) is 0 Å². The molecular weight excluding hydrogens is 522 g/mol. The van der Waals surface area contributed by atoms with Crippen molar-refractivity contribution in [3.63, 3.8) is 0 Å². The third kappa shape index (κ3) is 5.39. The maximum Gasteiger partial charge on any atom is 0.270 e. The molecule has 0 atom stereocenters. The highest BCUT2D eigenvalue weighted by atomic mass is 32.2. The number of benzene rings is 1. The molecule has 0 aliphatic carbocycles. The van der Waals surface area contributed by atoms with E-state index in [1.807, 2.05) is 54.1 Å². The molecule has 0 spiro atoms. The number of allylic oxidation sites excluding steroid dienone is 1. The lowest BCUT2D eigenvalue weighted by atomic mass is 9.94. The Bertz CT molecular complexity index is 1560. The molecule has 0 bridgehead atoms. The van der Waals surface area contributed by atoms with Crippen molar-refractivity contribution < 1.29 is 22.7 Å². The number of para-hydroxylation sites is 1. The molecule has 2 aliphatic heterocycles. The summed E-state index contributed by atoms with van der Waals surface area (Å²) in [6.45, 7) is 5.02. The second-order valence-electron chi connectivity index (χ2n) is 9.72. The van der Waals surface area contributed by atoms with E-state index in [2.05, 4.69) is 15.4 Å². The van der Waals surface area contributed by atoms with Gasteiger partial charge in [-0.05, 0) is 38.3 Å². The zero-order valence-electron chi connectivity index (χ0n) is 22.0. The van der Waals surface area contributed by atoms with E-state index in [-0.39, 0.29) is 34.4 Å². The molecule has 2 amide bonds. The summed E-state index contributed by atoms with van der Waals surface area (Å²) >= 11 is 0. The number of aryl methyl sites for hydroxylation is 1. The zero-order chi connectivity index (χ0) is 27.7. The molecule has 0 unspecified atom stereocenters. The third-order valence-electron chi connectivity index (χ3n) is 7.00. The highest BCUT2D eigenvalue weighted by Gasteiger charge is 2.31. The average molecular weight is 554 g/mol. The summed E-state index contributed by atoms with van der Waals surface area (Å²) in [6.07, 6.45) is 6.23. The minimum absolute atomic E-state index is 0.0190. The predicted molar refractivity (Wildman–Crippen MR) is 145 cm³/mol. The molecule has 13 heteroatoms. The van der Waals surface area contributed by atoms with Crippen LogP contribution in [0.1, 0.15) is 46.0 Å². The van der Waals surface area contributed by atoms with Gasteiger partial charge in [-0.3, -0.25) is 9.59 Å². The number of ether oxygens (including phenoxy) is 1. The van der Waals surface area contributed by atoms with Crippen LogP contribution in [-0.2, 0) is 14.8 Å². The van der Waals surface area contributed by atoms with E-state index in [4.69, 9.17) is 4.74 Å². The first-order valence-corrected chi connectivity index (χ1v) is 14.4. The molecule has 1 fully saturated rings. The molecule has 1 saturated heterocycles. The second kappa shape index (κ2) is 10.6. The molecular formula is C26H31N7O5S. The molecule has 1 aromatic carbocycles. The molecule has 0 saturated carbocycles. The van der Waals surface area contributed by atoms with Gasteiger partial charge in [-0.15, -0.1) is 0 Å². The van der Waals surface area contributed by atoms with Crippen LogP contribution in [0.5, 0.6) is 0 Å². The third-order valence-corrected chi connectivity index (χ3v) is 8.25. The van der Waals surface area contributed by atoms with Gasteiger partial charge in [-0.1, -0.05) is 18.2 Å². The molecule has 5 rings (SSSR count). The molecule has 0 radical (unpaired) electrons. The van der Waals surface area contributed by atoms with Gasteiger partial charge in [0.2, 0.25) is 10.0 Å². The number of rotatable bonds is 7. The fourth-order valence-electron chi connectivity index (χ4n) is 4.71. The number of sulfonamides is 1. The molecule has 2 N–H and O–H groups in total. The van der Waals surface area contributed by atoms with E-state index in [0.717, 1.165) is 29.9 Å². The SMILES string of the molecule is CCS(=O)(=O)NC(=O)c1cnn2c(Nc3ccccc3C)c(C(=O)N3CCC(C4=CN(C)CO4)CC3)cnc12. The van der Waals surface area contributed by atoms with E-state index in [0.29, 0.717) is 25.6 Å². The Hall–Kier alpha value is -4.13. The summed E-state index contributed by atoms with van der Waals surface area (Å²) in [7, 11) is -1.82. The lowest BCUT2D eigenvalue weighted by Crippen LogP contribution is -2.39. The molecule has 4 heterocycles. The van der Waals surface area contributed by atoms with Gasteiger partial charge in [0.15, 0.2) is 12.4 Å². The van der Waals surface area contributed by atoms with Gasteiger partial charge in [-0.2, -0.15) is 9.61 Å². The smallest absolute Gasteiger partial charge is 0.270 e. The van der Waals surface area contributed by atoms with Crippen molar-refractivity contribution in [3.8, 4) is 0 Å². The summed E-state index contributed by atoms with van der Waals surface area (Å²) in [4.78, 5) is 34.7. The number of nitrogens with zero attached hydrogens (tertiary/aromatic N) is 5. The van der Waals surface area contributed by atoms with Gasteiger partial charge in [0, 0.05) is 44.1 Å². The Morgan fingerprint density at radius 3 is 2.54 bits per heavy atom. The van der Waals surface area contributed by atoms with Crippen molar-refractivity contribution in [2.24, 2.45) is 5.92 Å². The minimum Gasteiger partial charge on any atom is -0.476 e. The van der Waals surface area contributed by atoms with Crippen molar-refractivity contribution in [3.05, 3.63) is 65.3 Å². The Morgan fingerprint density at radius 1 is 1.13 bits per heavy atom. The van der Waals surface area contributed by atoms with E-state index in [1.165, 1.54) is 23.8 Å².